The molecule has 0 aliphatic carbocycles. The van der Waals surface area contributed by atoms with Gasteiger partial charge < -0.3 is 0 Å². The number of benzene rings is 2. The van der Waals surface area contributed by atoms with Crippen LogP contribution < -0.4 is 10.2 Å². The van der Waals surface area contributed by atoms with Gasteiger partial charge in [0.1, 0.15) is 0 Å². The minimum atomic E-state index is -0.355. The molecule has 148 valence electrons. The number of rotatable bonds is 8. The van der Waals surface area contributed by atoms with Crippen LogP contribution in [0.25, 0.3) is 33.6 Å². The van der Waals surface area contributed by atoms with Crippen LogP contribution >= 0.6 is 0 Å². The second kappa shape index (κ2) is 9.28. The Labute approximate surface area is 178 Å². The summed E-state index contributed by atoms with van der Waals surface area (Å²) in [5, 5.41) is 2.32. The van der Waals surface area contributed by atoms with Gasteiger partial charge in [0.05, 0.1) is 0 Å². The molecule has 1 unspecified atom stereocenters. The van der Waals surface area contributed by atoms with Crippen molar-refractivity contribution >= 4 is 37.0 Å². The Morgan fingerprint density at radius 1 is 0.897 bits per heavy atom. The molecular weight excluding hydrogens is 421 g/mol. The first kappa shape index (κ1) is 19.7. The van der Waals surface area contributed by atoms with Crippen molar-refractivity contribution in [3.8, 4) is 22.5 Å². The summed E-state index contributed by atoms with van der Waals surface area (Å²) in [4.78, 5) is 9.16. The molecule has 0 saturated carbocycles. The van der Waals surface area contributed by atoms with E-state index >= 15 is 0 Å². The third-order valence-electron chi connectivity index (χ3n) is 5.05. The van der Waals surface area contributed by atoms with Gasteiger partial charge in [0.15, 0.2) is 0 Å². The number of unbranched alkanes of at least 4 members (excludes halogenated alkanes) is 3. The summed E-state index contributed by atoms with van der Waals surface area (Å²) < 4.78 is 7.48. The molecule has 2 aromatic carbocycles. The van der Waals surface area contributed by atoms with Crippen LogP contribution in [0.4, 0.5) is 5.69 Å². The van der Waals surface area contributed by atoms with E-state index in [4.69, 9.17) is 15.1 Å². The number of fused-ring (bicyclic) bond motifs is 1. The van der Waals surface area contributed by atoms with Gasteiger partial charge in [-0.2, -0.15) is 0 Å². The Balaban J connectivity index is 1.82. The quantitative estimate of drug-likeness (QED) is 0.229. The summed E-state index contributed by atoms with van der Waals surface area (Å²) in [6.45, 7) is 2.25. The third-order valence-corrected chi connectivity index (χ3v) is 7.81. The maximum absolute atomic E-state index is 6.29. The zero-order valence-electron chi connectivity index (χ0n) is 16.7. The number of nitrogens with two attached hydrogens (primary N) is 1. The van der Waals surface area contributed by atoms with Gasteiger partial charge in [-0.15, -0.1) is 0 Å². The van der Waals surface area contributed by atoms with Crippen molar-refractivity contribution < 1.29 is 4.42 Å². The zero-order chi connectivity index (χ0) is 20.1. The van der Waals surface area contributed by atoms with E-state index in [1.807, 2.05) is 30.3 Å². The summed E-state index contributed by atoms with van der Waals surface area (Å²) in [7, 11) is 0. The molecule has 0 aliphatic rings. The molecule has 0 radical (unpaired) electrons. The Morgan fingerprint density at radius 3 is 2.45 bits per heavy atom. The van der Waals surface area contributed by atoms with Gasteiger partial charge in [-0.05, 0) is 0 Å². The number of nitrogen functional groups attached to an aromatic ring is 1. The van der Waals surface area contributed by atoms with Crippen molar-refractivity contribution in [2.75, 3.05) is 5.73 Å². The van der Waals surface area contributed by atoms with Crippen molar-refractivity contribution in [1.29, 1.82) is 0 Å². The number of nitrogens with zero attached hydrogens (tertiary/aromatic N) is 2. The van der Waals surface area contributed by atoms with Crippen LogP contribution in [-0.4, -0.2) is 25.7 Å². The van der Waals surface area contributed by atoms with Gasteiger partial charge in [-0.25, -0.2) is 0 Å². The van der Waals surface area contributed by atoms with E-state index in [0.717, 1.165) is 33.5 Å². The molecule has 2 N–H and O–H groups in total. The predicted octanol–water partition coefficient (Wildman–Crippen LogP) is 5.20. The molecule has 2 aromatic heterocycles. The van der Waals surface area contributed by atoms with Crippen LogP contribution in [0.5, 0.6) is 0 Å². The Kier molecular flexibility index (Phi) is 6.31. The molecule has 4 nitrogen and oxygen atoms in total. The predicted molar refractivity (Wildman–Crippen MR) is 123 cm³/mol. The van der Waals surface area contributed by atoms with Gasteiger partial charge in [0, 0.05) is 0 Å². The van der Waals surface area contributed by atoms with E-state index in [-0.39, 0.29) is 15.8 Å². The van der Waals surface area contributed by atoms with Gasteiger partial charge in [-0.1, -0.05) is 0 Å². The fourth-order valence-corrected chi connectivity index (χ4v) is 6.11. The standard InChI is InChI=1S/C24H26AsN3O/c1-2-3-4-8-15-25-23-21-20(17-11-13-19(26)14-12-17)22(18-9-6-5-7-10-18)29-24(21)28-16-27-23/h5-7,9-14,16,25H,2-4,8,15,26H2,1H3. The summed E-state index contributed by atoms with van der Waals surface area (Å²) in [5.41, 5.74) is 10.6. The summed E-state index contributed by atoms with van der Waals surface area (Å²) in [5.74, 6) is 0.852. The Morgan fingerprint density at radius 2 is 1.69 bits per heavy atom. The van der Waals surface area contributed by atoms with E-state index < -0.39 is 0 Å². The van der Waals surface area contributed by atoms with Gasteiger partial charge in [-0.3, -0.25) is 0 Å². The molecule has 29 heavy (non-hydrogen) atoms. The van der Waals surface area contributed by atoms with Crippen LogP contribution in [-0.2, 0) is 0 Å². The molecule has 0 aliphatic heterocycles. The van der Waals surface area contributed by atoms with Gasteiger partial charge >= 0.3 is 178 Å². The monoisotopic (exact) mass is 447 g/mol. The van der Waals surface area contributed by atoms with Gasteiger partial charge in [0.2, 0.25) is 0 Å². The Hall–Kier alpha value is -2.58. The topological polar surface area (TPSA) is 64.9 Å². The normalized spacial score (nSPS) is 11.6. The van der Waals surface area contributed by atoms with E-state index in [1.54, 1.807) is 6.33 Å². The zero-order valence-corrected chi connectivity index (χ0v) is 18.8. The second-order valence-electron chi connectivity index (χ2n) is 7.18. The molecule has 0 saturated heterocycles. The van der Waals surface area contributed by atoms with E-state index in [2.05, 4.69) is 36.2 Å². The first-order valence-corrected chi connectivity index (χ1v) is 12.7. The number of furan rings is 1. The molecule has 0 spiro atoms. The molecule has 4 rings (SSSR count). The van der Waals surface area contributed by atoms with Crippen LogP contribution in [0.15, 0.2) is 65.3 Å². The number of hydrogen-bond acceptors (Lipinski definition) is 4. The summed E-state index contributed by atoms with van der Waals surface area (Å²) >= 11 is -0.355. The first-order valence-electron chi connectivity index (χ1n) is 10.2. The number of hydrogen-bond donors (Lipinski definition) is 1. The number of aromatic nitrogens is 2. The van der Waals surface area contributed by atoms with E-state index in [9.17, 15) is 0 Å². The molecular formula is C24H26AsN3O. The third kappa shape index (κ3) is 4.38. The maximum atomic E-state index is 6.29. The fraction of sp³-hybridized carbons (Fsp3) is 0.250. The Bertz CT molecular complexity index is 1070. The van der Waals surface area contributed by atoms with E-state index in [0.29, 0.717) is 5.71 Å². The molecule has 2 heterocycles. The molecule has 5 heteroatoms. The SMILES string of the molecule is CCCCCC[AsH]c1ncnc2oc(-c3ccccc3)c(-c3ccc(N)cc3)c12. The van der Waals surface area contributed by atoms with Crippen LogP contribution in [0, 0.1) is 0 Å². The average Bonchev–Trinajstić information content (AvgIpc) is 3.15. The van der Waals surface area contributed by atoms with Crippen molar-refractivity contribution in [3.63, 3.8) is 0 Å². The number of anilines is 1. The minimum absolute atomic E-state index is 0.355. The summed E-state index contributed by atoms with van der Waals surface area (Å²) in [6.07, 6.45) is 6.81. The van der Waals surface area contributed by atoms with Crippen molar-refractivity contribution in [2.24, 2.45) is 0 Å². The van der Waals surface area contributed by atoms with Crippen molar-refractivity contribution in [3.05, 3.63) is 60.9 Å². The van der Waals surface area contributed by atoms with Crippen LogP contribution in [0.2, 0.25) is 5.21 Å². The fourth-order valence-electron chi connectivity index (χ4n) is 3.54. The van der Waals surface area contributed by atoms with E-state index in [1.165, 1.54) is 35.4 Å². The second-order valence-corrected chi connectivity index (χ2v) is 9.97. The molecule has 0 amide bonds. The van der Waals surface area contributed by atoms with Gasteiger partial charge in [0.25, 0.3) is 0 Å². The molecule has 1 atom stereocenters. The summed E-state index contributed by atoms with van der Waals surface area (Å²) in [6, 6.07) is 18.2. The molecule has 4 aromatic rings. The molecule has 0 fully saturated rings. The first-order chi connectivity index (χ1) is 14.3. The molecule has 0 bridgehead atoms. The average molecular weight is 447 g/mol. The van der Waals surface area contributed by atoms with Crippen molar-refractivity contribution in [2.45, 2.75) is 37.8 Å². The van der Waals surface area contributed by atoms with Crippen LogP contribution in [0.1, 0.15) is 32.6 Å². The van der Waals surface area contributed by atoms with Crippen molar-refractivity contribution in [1.82, 2.24) is 9.97 Å². The van der Waals surface area contributed by atoms with Crippen LogP contribution in [0.3, 0.4) is 0 Å².